The molecular formula is C35H44N2O9. The summed E-state index contributed by atoms with van der Waals surface area (Å²) in [4.78, 5) is 43.4. The van der Waals surface area contributed by atoms with E-state index in [1.54, 1.807) is 25.3 Å². The van der Waals surface area contributed by atoms with Crippen molar-refractivity contribution in [3.63, 3.8) is 0 Å². The smallest absolute Gasteiger partial charge is 0.407 e. The molecule has 0 saturated heterocycles. The fraction of sp³-hybridized carbons (Fsp3) is 0.400. The molecule has 1 N–H and O–H groups in total. The Bertz CT molecular complexity index is 1370. The first-order valence-electron chi connectivity index (χ1n) is 15.2. The molecule has 0 aliphatic heterocycles. The summed E-state index contributed by atoms with van der Waals surface area (Å²) in [5.74, 6) is 0.559. The number of hydroxylamine groups is 2. The van der Waals surface area contributed by atoms with Crippen molar-refractivity contribution in [2.45, 2.75) is 38.9 Å². The maximum atomic E-state index is 13.3. The lowest BCUT2D eigenvalue weighted by molar-refractivity contribution is -0.173. The van der Waals surface area contributed by atoms with Crippen molar-refractivity contribution in [1.82, 2.24) is 10.4 Å². The molecule has 0 aliphatic rings. The number of amides is 2. The summed E-state index contributed by atoms with van der Waals surface area (Å²) in [5, 5.41) is 3.85. The van der Waals surface area contributed by atoms with Crippen LogP contribution in [0.1, 0.15) is 47.2 Å². The molecule has 1 atom stereocenters. The van der Waals surface area contributed by atoms with E-state index in [0.717, 1.165) is 21.9 Å². The molecule has 248 valence electrons. The molecule has 3 rings (SSSR count). The molecule has 11 heteroatoms. The van der Waals surface area contributed by atoms with Gasteiger partial charge in [-0.15, -0.1) is 0 Å². The summed E-state index contributed by atoms with van der Waals surface area (Å²) >= 11 is 0. The number of carbonyl (C=O) groups is 3. The maximum absolute atomic E-state index is 13.3. The Morgan fingerprint density at radius 3 is 2.24 bits per heavy atom. The Labute approximate surface area is 270 Å². The summed E-state index contributed by atoms with van der Waals surface area (Å²) < 4.78 is 27.4. The molecule has 0 bridgehead atoms. The highest BCUT2D eigenvalue weighted by molar-refractivity contribution is 5.99. The number of Topliss-reactive ketones (excluding diaryl/α,β-unsaturated/α-hetero) is 1. The van der Waals surface area contributed by atoms with Crippen LogP contribution in [-0.2, 0) is 32.3 Å². The normalized spacial score (nSPS) is 11.3. The minimum atomic E-state index is -0.604. The molecular weight excluding hydrogens is 592 g/mol. The third-order valence-corrected chi connectivity index (χ3v) is 7.23. The second kappa shape index (κ2) is 19.7. The number of ether oxygens (including phenoxy) is 5. The average Bonchev–Trinajstić information content (AvgIpc) is 3.09. The zero-order chi connectivity index (χ0) is 33.1. The number of hydrogen-bond donors (Lipinski definition) is 1. The Morgan fingerprint density at radius 2 is 1.54 bits per heavy atom. The van der Waals surface area contributed by atoms with Crippen molar-refractivity contribution in [1.29, 1.82) is 0 Å². The lowest BCUT2D eigenvalue weighted by Crippen LogP contribution is -2.33. The molecule has 3 aromatic rings. The van der Waals surface area contributed by atoms with E-state index in [0.29, 0.717) is 62.7 Å². The van der Waals surface area contributed by atoms with Crippen LogP contribution in [0.2, 0.25) is 0 Å². The number of carbonyl (C=O) groups excluding carboxylic acids is 3. The highest BCUT2D eigenvalue weighted by Gasteiger charge is 2.26. The van der Waals surface area contributed by atoms with E-state index in [4.69, 9.17) is 28.5 Å². The molecule has 0 aliphatic carbocycles. The lowest BCUT2D eigenvalue weighted by atomic mass is 9.92. The van der Waals surface area contributed by atoms with Gasteiger partial charge in [-0.2, -0.15) is 0 Å². The van der Waals surface area contributed by atoms with Crippen LogP contribution in [0.15, 0.2) is 72.8 Å². The second-order valence-corrected chi connectivity index (χ2v) is 10.4. The topological polar surface area (TPSA) is 122 Å². The molecule has 46 heavy (non-hydrogen) atoms. The maximum Gasteiger partial charge on any atom is 0.407 e. The van der Waals surface area contributed by atoms with Gasteiger partial charge in [0, 0.05) is 31.5 Å². The van der Waals surface area contributed by atoms with Crippen LogP contribution in [0.5, 0.6) is 17.2 Å². The predicted octanol–water partition coefficient (Wildman–Crippen LogP) is 5.60. The zero-order valence-corrected chi connectivity index (χ0v) is 27.0. The third kappa shape index (κ3) is 12.1. The van der Waals surface area contributed by atoms with Crippen LogP contribution >= 0.6 is 0 Å². The molecule has 0 aromatic heterocycles. The molecule has 2 amide bonds. The Kier molecular flexibility index (Phi) is 15.4. The van der Waals surface area contributed by atoms with Crippen molar-refractivity contribution in [2.24, 2.45) is 5.92 Å². The number of unbranched alkanes of at least 4 members (excludes halogenated alkanes) is 1. The molecule has 0 spiro atoms. The number of nitrogens with zero attached hydrogens (tertiary/aromatic N) is 1. The number of nitrogens with one attached hydrogen (secondary N) is 1. The Balaban J connectivity index is 1.46. The number of rotatable bonds is 20. The predicted molar refractivity (Wildman–Crippen MR) is 172 cm³/mol. The fourth-order valence-electron chi connectivity index (χ4n) is 4.56. The van der Waals surface area contributed by atoms with Crippen LogP contribution in [0, 0.1) is 5.92 Å². The highest BCUT2D eigenvalue weighted by atomic mass is 16.7. The first-order chi connectivity index (χ1) is 22.3. The Morgan fingerprint density at radius 1 is 0.804 bits per heavy atom. The number of alkyl carbamates (subject to hydrolysis) is 1. The molecule has 0 heterocycles. The summed E-state index contributed by atoms with van der Waals surface area (Å²) in [7, 11) is 6.04. The van der Waals surface area contributed by atoms with E-state index in [-0.39, 0.29) is 24.7 Å². The quantitative estimate of drug-likeness (QED) is 0.0959. The molecule has 3 aromatic carbocycles. The van der Waals surface area contributed by atoms with Crippen molar-refractivity contribution in [2.75, 3.05) is 48.1 Å². The van der Waals surface area contributed by atoms with Crippen LogP contribution in [0.4, 0.5) is 4.79 Å². The third-order valence-electron chi connectivity index (χ3n) is 7.23. The van der Waals surface area contributed by atoms with Gasteiger partial charge in [0.2, 0.25) is 5.91 Å². The summed E-state index contributed by atoms with van der Waals surface area (Å²) in [6, 6.07) is 22.0. The van der Waals surface area contributed by atoms with Crippen LogP contribution in [0.3, 0.4) is 0 Å². The number of hydrogen-bond acceptors (Lipinski definition) is 9. The van der Waals surface area contributed by atoms with E-state index in [2.05, 4.69) is 5.32 Å². The van der Waals surface area contributed by atoms with E-state index in [9.17, 15) is 14.4 Å². The van der Waals surface area contributed by atoms with Gasteiger partial charge in [-0.05, 0) is 54.3 Å². The Hall–Kier alpha value is -4.61. The van der Waals surface area contributed by atoms with Gasteiger partial charge < -0.3 is 29.0 Å². The van der Waals surface area contributed by atoms with Crippen molar-refractivity contribution in [3.8, 4) is 17.2 Å². The minimum Gasteiger partial charge on any atom is -0.497 e. The van der Waals surface area contributed by atoms with Gasteiger partial charge in [0.15, 0.2) is 17.3 Å². The van der Waals surface area contributed by atoms with Gasteiger partial charge in [-0.1, -0.05) is 48.9 Å². The average molecular weight is 637 g/mol. The minimum absolute atomic E-state index is 0.0123. The zero-order valence-electron chi connectivity index (χ0n) is 27.0. The number of methoxy groups -OCH3 is 2. The van der Waals surface area contributed by atoms with Gasteiger partial charge in [-0.3, -0.25) is 14.4 Å². The fourth-order valence-corrected chi connectivity index (χ4v) is 4.56. The first kappa shape index (κ1) is 35.9. The molecule has 0 fully saturated rings. The number of benzene rings is 3. The van der Waals surface area contributed by atoms with Crippen molar-refractivity contribution >= 4 is 17.8 Å². The standard InChI is InChI=1S/C35H44N2O9/c1-37(43-4)34(39)29(12-8-9-19-36-35(40)46-25-26-10-6-5-7-11-26)22-31(38)28-15-18-32(33(23-28)42-3)45-21-20-44-24-27-13-16-30(41-2)17-14-27/h5-7,10-11,13-18,23,29H,8-9,12,19-22,24-25H2,1-4H3,(H,36,40). The van der Waals surface area contributed by atoms with Crippen LogP contribution < -0.4 is 19.5 Å². The molecule has 0 saturated carbocycles. The highest BCUT2D eigenvalue weighted by Crippen LogP contribution is 2.29. The van der Waals surface area contributed by atoms with Gasteiger partial charge in [-0.25, -0.2) is 9.86 Å². The largest absolute Gasteiger partial charge is 0.497 e. The van der Waals surface area contributed by atoms with E-state index in [1.807, 2.05) is 54.6 Å². The van der Waals surface area contributed by atoms with Crippen molar-refractivity contribution in [3.05, 3.63) is 89.5 Å². The van der Waals surface area contributed by atoms with E-state index >= 15 is 0 Å². The molecule has 1 unspecified atom stereocenters. The molecule has 11 nitrogen and oxygen atoms in total. The summed E-state index contributed by atoms with van der Waals surface area (Å²) in [5.41, 5.74) is 2.32. The monoisotopic (exact) mass is 636 g/mol. The van der Waals surface area contributed by atoms with Crippen LogP contribution in [0.25, 0.3) is 0 Å². The number of ketones is 1. The lowest BCUT2D eigenvalue weighted by Gasteiger charge is -2.21. The molecule has 0 radical (unpaired) electrons. The summed E-state index contributed by atoms with van der Waals surface area (Å²) in [6.07, 6.45) is 1.14. The van der Waals surface area contributed by atoms with Gasteiger partial charge >= 0.3 is 6.09 Å². The second-order valence-electron chi connectivity index (χ2n) is 10.4. The van der Waals surface area contributed by atoms with E-state index < -0.39 is 12.0 Å². The SMILES string of the molecule is COc1ccc(COCCOc2ccc(C(=O)CC(CCCCNC(=O)OCc3ccccc3)C(=O)N(C)OC)cc2OC)cc1. The van der Waals surface area contributed by atoms with E-state index in [1.165, 1.54) is 21.3 Å². The summed E-state index contributed by atoms with van der Waals surface area (Å²) in [6.45, 7) is 1.66. The first-order valence-corrected chi connectivity index (χ1v) is 15.2. The van der Waals surface area contributed by atoms with Gasteiger partial charge in [0.25, 0.3) is 0 Å². The van der Waals surface area contributed by atoms with Crippen molar-refractivity contribution < 1.29 is 42.9 Å². The van der Waals surface area contributed by atoms with Gasteiger partial charge in [0.05, 0.1) is 34.5 Å². The van der Waals surface area contributed by atoms with Gasteiger partial charge in [0.1, 0.15) is 19.0 Å². The van der Waals surface area contributed by atoms with Crippen LogP contribution in [-0.4, -0.2) is 71.0 Å².